The van der Waals surface area contributed by atoms with Gasteiger partial charge in [-0.1, -0.05) is 28.9 Å². The number of nitrogens with one attached hydrogen (secondary N) is 1. The second-order valence-electron chi connectivity index (χ2n) is 4.77. The first kappa shape index (κ1) is 15.5. The number of benzene rings is 1. The Balaban J connectivity index is 2.03. The van der Waals surface area contributed by atoms with Crippen molar-refractivity contribution in [2.24, 2.45) is 0 Å². The van der Waals surface area contributed by atoms with Gasteiger partial charge in [0.25, 0.3) is 0 Å². The van der Waals surface area contributed by atoms with Gasteiger partial charge in [0.1, 0.15) is 12.4 Å². The zero-order valence-electron chi connectivity index (χ0n) is 12.1. The van der Waals surface area contributed by atoms with E-state index in [4.69, 9.17) is 4.74 Å². The van der Waals surface area contributed by atoms with Crippen LogP contribution < -0.4 is 10.1 Å². The molecule has 1 N–H and O–H groups in total. The Morgan fingerprint density at radius 1 is 1.25 bits per heavy atom. The summed E-state index contributed by atoms with van der Waals surface area (Å²) in [5, 5.41) is 3.36. The highest BCUT2D eigenvalue weighted by molar-refractivity contribution is 9.10. The van der Waals surface area contributed by atoms with Crippen molar-refractivity contribution in [1.82, 2.24) is 5.32 Å². The molecule has 0 spiro atoms. The highest BCUT2D eigenvalue weighted by Crippen LogP contribution is 2.26. The maximum Gasteiger partial charge on any atom is 0.123 e. The molecule has 0 amide bonds. The van der Waals surface area contributed by atoms with Crippen LogP contribution in [0.2, 0.25) is 0 Å². The van der Waals surface area contributed by atoms with E-state index in [2.05, 4.69) is 54.2 Å². The van der Waals surface area contributed by atoms with Gasteiger partial charge in [-0.15, -0.1) is 11.3 Å². The molecule has 2 aromatic rings. The van der Waals surface area contributed by atoms with Gasteiger partial charge in [0, 0.05) is 26.3 Å². The average Bonchev–Trinajstić information content (AvgIpc) is 2.78. The monoisotopic (exact) mass is 353 g/mol. The molecule has 2 rings (SSSR count). The molecule has 0 aliphatic heterocycles. The van der Waals surface area contributed by atoms with E-state index in [0.29, 0.717) is 6.61 Å². The van der Waals surface area contributed by atoms with Crippen molar-refractivity contribution in [3.63, 3.8) is 0 Å². The van der Waals surface area contributed by atoms with Crippen LogP contribution in [0.4, 0.5) is 0 Å². The van der Waals surface area contributed by atoms with Crippen LogP contribution >= 0.6 is 27.3 Å². The zero-order valence-corrected chi connectivity index (χ0v) is 14.5. The summed E-state index contributed by atoms with van der Waals surface area (Å²) in [7, 11) is 0. The first-order valence-corrected chi connectivity index (χ1v) is 8.39. The smallest absolute Gasteiger partial charge is 0.123 e. The summed E-state index contributed by atoms with van der Waals surface area (Å²) in [6.45, 7) is 8.93. The predicted octanol–water partition coefficient (Wildman–Crippen LogP) is 4.82. The van der Waals surface area contributed by atoms with Gasteiger partial charge in [0.15, 0.2) is 0 Å². The minimum atomic E-state index is 0.631. The van der Waals surface area contributed by atoms with Crippen LogP contribution in [-0.2, 0) is 13.2 Å². The molecule has 0 saturated heterocycles. The van der Waals surface area contributed by atoms with E-state index in [-0.39, 0.29) is 0 Å². The van der Waals surface area contributed by atoms with Crippen molar-refractivity contribution in [3.05, 3.63) is 49.6 Å². The normalized spacial score (nSPS) is 10.8. The number of hydrogen-bond donors (Lipinski definition) is 1. The molecule has 2 nitrogen and oxygen atoms in total. The van der Waals surface area contributed by atoms with Crippen LogP contribution in [0.1, 0.15) is 27.8 Å². The minimum Gasteiger partial charge on any atom is -0.489 e. The van der Waals surface area contributed by atoms with Crippen molar-refractivity contribution in [2.45, 2.75) is 33.9 Å². The topological polar surface area (TPSA) is 21.3 Å². The molecule has 0 aliphatic carbocycles. The average molecular weight is 354 g/mol. The van der Waals surface area contributed by atoms with Gasteiger partial charge in [-0.3, -0.25) is 0 Å². The van der Waals surface area contributed by atoms with Crippen LogP contribution in [0.15, 0.2) is 28.7 Å². The van der Waals surface area contributed by atoms with Crippen LogP contribution in [0.25, 0.3) is 0 Å². The molecule has 20 heavy (non-hydrogen) atoms. The van der Waals surface area contributed by atoms with E-state index in [9.17, 15) is 0 Å². The molecule has 0 fully saturated rings. The zero-order chi connectivity index (χ0) is 14.5. The maximum absolute atomic E-state index is 5.96. The fraction of sp³-hybridized carbons (Fsp3) is 0.375. The Morgan fingerprint density at radius 2 is 2.05 bits per heavy atom. The third kappa shape index (κ3) is 4.08. The minimum absolute atomic E-state index is 0.631. The van der Waals surface area contributed by atoms with Crippen molar-refractivity contribution in [2.75, 3.05) is 6.54 Å². The number of thiophene rings is 1. The van der Waals surface area contributed by atoms with Gasteiger partial charge in [-0.25, -0.2) is 0 Å². The van der Waals surface area contributed by atoms with Gasteiger partial charge in [0.05, 0.1) is 0 Å². The summed E-state index contributed by atoms with van der Waals surface area (Å²) in [5.74, 6) is 0.943. The Kier molecular flexibility index (Phi) is 5.64. The summed E-state index contributed by atoms with van der Waals surface area (Å²) < 4.78 is 7.01. The van der Waals surface area contributed by atoms with Crippen molar-refractivity contribution in [1.29, 1.82) is 0 Å². The van der Waals surface area contributed by atoms with E-state index < -0.39 is 0 Å². The Bertz CT molecular complexity index is 580. The lowest BCUT2D eigenvalue weighted by molar-refractivity contribution is 0.303. The molecule has 108 valence electrons. The molecule has 0 unspecified atom stereocenters. The molecule has 1 heterocycles. The van der Waals surface area contributed by atoms with Crippen molar-refractivity contribution in [3.8, 4) is 5.75 Å². The molecule has 4 heteroatoms. The third-order valence-electron chi connectivity index (χ3n) is 3.15. The number of aryl methyl sites for hydroxylation is 2. The number of hydrogen-bond acceptors (Lipinski definition) is 3. The van der Waals surface area contributed by atoms with Crippen molar-refractivity contribution >= 4 is 27.3 Å². The quantitative estimate of drug-likeness (QED) is 0.803. The number of halogens is 1. The van der Waals surface area contributed by atoms with Crippen LogP contribution in [0, 0.1) is 13.8 Å². The molecule has 0 bridgehead atoms. The largest absolute Gasteiger partial charge is 0.489 e. The number of rotatable bonds is 6. The second kappa shape index (κ2) is 7.25. The van der Waals surface area contributed by atoms with E-state index in [1.54, 1.807) is 0 Å². The second-order valence-corrected chi connectivity index (χ2v) is 7.03. The molecule has 0 radical (unpaired) electrons. The van der Waals surface area contributed by atoms with Crippen LogP contribution in [0.3, 0.4) is 0 Å². The molecular weight excluding hydrogens is 334 g/mol. The van der Waals surface area contributed by atoms with Gasteiger partial charge in [-0.2, -0.15) is 0 Å². The Hall–Kier alpha value is -0.840. The highest BCUT2D eigenvalue weighted by Gasteiger charge is 2.07. The molecule has 1 aromatic heterocycles. The molecule has 1 aromatic carbocycles. The van der Waals surface area contributed by atoms with Gasteiger partial charge in [-0.05, 0) is 44.2 Å². The standard InChI is InChI=1S/C16H20BrNOS/c1-4-18-9-15-7-13(12(3)20-15)10-19-16-8-14(17)6-5-11(16)2/h5-8,18H,4,9-10H2,1-3H3. The SMILES string of the molecule is CCNCc1cc(COc2cc(Br)ccc2C)c(C)s1. The molecule has 0 saturated carbocycles. The van der Waals surface area contributed by atoms with Crippen molar-refractivity contribution < 1.29 is 4.74 Å². The summed E-state index contributed by atoms with van der Waals surface area (Å²) in [5.41, 5.74) is 2.44. The van der Waals surface area contributed by atoms with Crippen LogP contribution in [-0.4, -0.2) is 6.54 Å². The van der Waals surface area contributed by atoms with E-state index in [1.807, 2.05) is 23.5 Å². The Labute approximate surface area is 133 Å². The lowest BCUT2D eigenvalue weighted by Gasteiger charge is -2.09. The summed E-state index contributed by atoms with van der Waals surface area (Å²) in [6.07, 6.45) is 0. The first-order valence-electron chi connectivity index (χ1n) is 6.78. The molecule has 0 atom stereocenters. The molecular formula is C16H20BrNOS. The number of ether oxygens (including phenoxy) is 1. The highest BCUT2D eigenvalue weighted by atomic mass is 79.9. The van der Waals surface area contributed by atoms with E-state index in [1.165, 1.54) is 15.3 Å². The van der Waals surface area contributed by atoms with E-state index in [0.717, 1.165) is 28.9 Å². The van der Waals surface area contributed by atoms with Gasteiger partial charge >= 0.3 is 0 Å². The maximum atomic E-state index is 5.96. The van der Waals surface area contributed by atoms with Gasteiger partial charge < -0.3 is 10.1 Å². The predicted molar refractivity (Wildman–Crippen MR) is 89.6 cm³/mol. The summed E-state index contributed by atoms with van der Waals surface area (Å²) in [6, 6.07) is 8.37. The first-order chi connectivity index (χ1) is 9.60. The molecule has 0 aliphatic rings. The fourth-order valence-electron chi connectivity index (χ4n) is 1.95. The fourth-order valence-corrected chi connectivity index (χ4v) is 3.31. The Morgan fingerprint density at radius 3 is 2.80 bits per heavy atom. The summed E-state index contributed by atoms with van der Waals surface area (Å²) >= 11 is 5.33. The lowest BCUT2D eigenvalue weighted by Crippen LogP contribution is -2.10. The third-order valence-corrected chi connectivity index (χ3v) is 4.74. The van der Waals surface area contributed by atoms with Crippen LogP contribution in [0.5, 0.6) is 5.75 Å². The lowest BCUT2D eigenvalue weighted by atomic mass is 10.2. The van der Waals surface area contributed by atoms with E-state index >= 15 is 0 Å². The summed E-state index contributed by atoms with van der Waals surface area (Å²) in [4.78, 5) is 2.71. The van der Waals surface area contributed by atoms with Gasteiger partial charge in [0.2, 0.25) is 0 Å².